The summed E-state index contributed by atoms with van der Waals surface area (Å²) in [4.78, 5) is 12.2. The van der Waals surface area contributed by atoms with Crippen molar-refractivity contribution in [1.29, 1.82) is 0 Å². The molecule has 0 spiro atoms. The largest absolute Gasteiger partial charge is 0.460 e. The quantitative estimate of drug-likeness (QED) is 0.862. The van der Waals surface area contributed by atoms with Crippen molar-refractivity contribution >= 4 is 21.7 Å². The van der Waals surface area contributed by atoms with Crippen LogP contribution in [0.5, 0.6) is 0 Å². The Kier molecular flexibility index (Phi) is 3.12. The van der Waals surface area contributed by atoms with Gasteiger partial charge in [-0.25, -0.2) is 0 Å². The predicted octanol–water partition coefficient (Wildman–Crippen LogP) is 2.99. The SMILES string of the molecule is CC(C)(N)C(C)(C)C(=O)c1occc1Br. The molecule has 1 aromatic rings. The van der Waals surface area contributed by atoms with Crippen LogP contribution in [0, 0.1) is 5.41 Å². The maximum absolute atomic E-state index is 12.2. The predicted molar refractivity (Wildman–Crippen MR) is 62.8 cm³/mol. The van der Waals surface area contributed by atoms with Gasteiger partial charge in [0.2, 0.25) is 5.78 Å². The minimum atomic E-state index is -0.673. The third-order valence-electron chi connectivity index (χ3n) is 3.00. The molecule has 0 saturated carbocycles. The Morgan fingerprint density at radius 2 is 1.93 bits per heavy atom. The lowest BCUT2D eigenvalue weighted by Crippen LogP contribution is -2.51. The molecule has 1 rings (SSSR count). The second-order valence-corrected chi connectivity index (χ2v) is 5.63. The van der Waals surface area contributed by atoms with Gasteiger partial charge in [-0.1, -0.05) is 13.8 Å². The Hall–Kier alpha value is -0.610. The monoisotopic (exact) mass is 273 g/mol. The number of carbonyl (C=O) groups excluding carboxylic acids is 1. The Bertz CT molecular complexity index is 374. The molecule has 15 heavy (non-hydrogen) atoms. The highest BCUT2D eigenvalue weighted by atomic mass is 79.9. The van der Waals surface area contributed by atoms with Gasteiger partial charge in [0.05, 0.1) is 10.7 Å². The van der Waals surface area contributed by atoms with Crippen LogP contribution < -0.4 is 5.73 Å². The lowest BCUT2D eigenvalue weighted by atomic mass is 9.71. The molecule has 0 unspecified atom stereocenters. The normalized spacial score (nSPS) is 12.9. The third kappa shape index (κ3) is 2.16. The van der Waals surface area contributed by atoms with Crippen molar-refractivity contribution in [2.24, 2.45) is 11.1 Å². The first-order valence-electron chi connectivity index (χ1n) is 4.74. The number of nitrogens with two attached hydrogens (primary N) is 1. The van der Waals surface area contributed by atoms with Crippen molar-refractivity contribution in [3.63, 3.8) is 0 Å². The molecule has 0 aliphatic heterocycles. The van der Waals surface area contributed by atoms with Gasteiger partial charge in [-0.15, -0.1) is 0 Å². The minimum Gasteiger partial charge on any atom is -0.460 e. The second-order valence-electron chi connectivity index (χ2n) is 4.77. The molecule has 0 aromatic carbocycles. The number of carbonyl (C=O) groups is 1. The molecule has 84 valence electrons. The second kappa shape index (κ2) is 3.76. The van der Waals surface area contributed by atoms with E-state index in [9.17, 15) is 4.79 Å². The average molecular weight is 274 g/mol. The molecular formula is C11H16BrNO2. The fourth-order valence-electron chi connectivity index (χ4n) is 1.03. The molecule has 0 radical (unpaired) electrons. The van der Waals surface area contributed by atoms with Crippen LogP contribution in [0.3, 0.4) is 0 Å². The Morgan fingerprint density at radius 3 is 2.27 bits per heavy atom. The van der Waals surface area contributed by atoms with E-state index >= 15 is 0 Å². The Balaban J connectivity index is 3.11. The molecule has 2 N–H and O–H groups in total. The molecule has 0 bridgehead atoms. The smallest absolute Gasteiger partial charge is 0.206 e. The Labute approximate surface area is 98.1 Å². The van der Waals surface area contributed by atoms with Gasteiger partial charge in [0.25, 0.3) is 0 Å². The maximum Gasteiger partial charge on any atom is 0.206 e. The van der Waals surface area contributed by atoms with Crippen LogP contribution in [-0.4, -0.2) is 11.3 Å². The molecule has 1 heterocycles. The van der Waals surface area contributed by atoms with E-state index in [1.807, 2.05) is 27.7 Å². The number of rotatable bonds is 3. The summed E-state index contributed by atoms with van der Waals surface area (Å²) in [6, 6.07) is 1.70. The number of hydrogen-bond donors (Lipinski definition) is 1. The highest BCUT2D eigenvalue weighted by molar-refractivity contribution is 9.10. The van der Waals surface area contributed by atoms with Crippen molar-refractivity contribution in [2.45, 2.75) is 33.2 Å². The zero-order chi connectivity index (χ0) is 11.9. The molecule has 3 nitrogen and oxygen atoms in total. The van der Waals surface area contributed by atoms with Gasteiger partial charge >= 0.3 is 0 Å². The average Bonchev–Trinajstić information content (AvgIpc) is 2.48. The standard InChI is InChI=1S/C11H16BrNO2/c1-10(2,11(3,4)13)9(14)8-7(12)5-6-15-8/h5-6H,13H2,1-4H3. The van der Waals surface area contributed by atoms with Gasteiger partial charge < -0.3 is 10.2 Å². The topological polar surface area (TPSA) is 56.2 Å². The van der Waals surface area contributed by atoms with E-state index in [-0.39, 0.29) is 5.78 Å². The summed E-state index contributed by atoms with van der Waals surface area (Å²) in [6.07, 6.45) is 1.48. The highest BCUT2D eigenvalue weighted by Gasteiger charge is 2.42. The van der Waals surface area contributed by atoms with Crippen LogP contribution in [0.2, 0.25) is 0 Å². The summed E-state index contributed by atoms with van der Waals surface area (Å²) in [5.41, 5.74) is 4.72. The van der Waals surface area contributed by atoms with E-state index in [0.29, 0.717) is 10.2 Å². The fraction of sp³-hybridized carbons (Fsp3) is 0.545. The van der Waals surface area contributed by atoms with Gasteiger partial charge in [-0.2, -0.15) is 0 Å². The summed E-state index contributed by atoms with van der Waals surface area (Å²) in [7, 11) is 0. The fourth-order valence-corrected chi connectivity index (χ4v) is 1.41. The van der Waals surface area contributed by atoms with Crippen LogP contribution in [0.15, 0.2) is 21.2 Å². The molecular weight excluding hydrogens is 258 g/mol. The van der Waals surface area contributed by atoms with E-state index in [0.717, 1.165) is 0 Å². The molecule has 0 aliphatic rings. The van der Waals surface area contributed by atoms with Crippen molar-refractivity contribution in [3.05, 3.63) is 22.6 Å². The summed E-state index contributed by atoms with van der Waals surface area (Å²) in [5, 5.41) is 0. The van der Waals surface area contributed by atoms with E-state index < -0.39 is 11.0 Å². The van der Waals surface area contributed by atoms with Gasteiger partial charge in [0.15, 0.2) is 5.76 Å². The molecule has 0 atom stereocenters. The van der Waals surface area contributed by atoms with E-state index in [1.165, 1.54) is 6.26 Å². The number of furan rings is 1. The number of hydrogen-bond acceptors (Lipinski definition) is 3. The number of Topliss-reactive ketones (excluding diaryl/α,β-unsaturated/α-hetero) is 1. The number of ketones is 1. The number of halogens is 1. The summed E-state index contributed by atoms with van der Waals surface area (Å²) in [6.45, 7) is 7.32. The van der Waals surface area contributed by atoms with Crippen molar-refractivity contribution in [3.8, 4) is 0 Å². The van der Waals surface area contributed by atoms with Crippen LogP contribution >= 0.6 is 15.9 Å². The molecule has 0 fully saturated rings. The van der Waals surface area contributed by atoms with Crippen molar-refractivity contribution in [2.75, 3.05) is 0 Å². The molecule has 1 aromatic heterocycles. The zero-order valence-corrected chi connectivity index (χ0v) is 11.0. The molecule has 4 heteroatoms. The van der Waals surface area contributed by atoms with Crippen LogP contribution in [0.1, 0.15) is 38.2 Å². The summed E-state index contributed by atoms with van der Waals surface area (Å²) < 4.78 is 5.83. The Morgan fingerprint density at radius 1 is 1.40 bits per heavy atom. The maximum atomic E-state index is 12.2. The van der Waals surface area contributed by atoms with Gasteiger partial charge in [0.1, 0.15) is 0 Å². The summed E-state index contributed by atoms with van der Waals surface area (Å²) in [5.74, 6) is 0.241. The molecule has 0 amide bonds. The first-order chi connectivity index (χ1) is 6.68. The third-order valence-corrected chi connectivity index (χ3v) is 3.63. The van der Waals surface area contributed by atoms with Gasteiger partial charge in [-0.05, 0) is 35.8 Å². The minimum absolute atomic E-state index is 0.0909. The van der Waals surface area contributed by atoms with Crippen molar-refractivity contribution in [1.82, 2.24) is 0 Å². The zero-order valence-electron chi connectivity index (χ0n) is 9.43. The van der Waals surface area contributed by atoms with E-state index in [4.69, 9.17) is 10.2 Å². The van der Waals surface area contributed by atoms with Crippen LogP contribution in [0.4, 0.5) is 0 Å². The van der Waals surface area contributed by atoms with Crippen molar-refractivity contribution < 1.29 is 9.21 Å². The first-order valence-corrected chi connectivity index (χ1v) is 5.54. The van der Waals surface area contributed by atoms with Crippen LogP contribution in [0.25, 0.3) is 0 Å². The lowest BCUT2D eigenvalue weighted by molar-refractivity contribution is 0.0702. The highest BCUT2D eigenvalue weighted by Crippen LogP contribution is 2.34. The first kappa shape index (κ1) is 12.5. The van der Waals surface area contributed by atoms with Gasteiger partial charge in [-0.3, -0.25) is 4.79 Å². The molecule has 0 aliphatic carbocycles. The van der Waals surface area contributed by atoms with Gasteiger partial charge in [0, 0.05) is 11.0 Å². The van der Waals surface area contributed by atoms with Crippen LogP contribution in [-0.2, 0) is 0 Å². The lowest BCUT2D eigenvalue weighted by Gasteiger charge is -2.36. The molecule has 0 saturated heterocycles. The summed E-state index contributed by atoms with van der Waals surface area (Å²) >= 11 is 3.27. The van der Waals surface area contributed by atoms with E-state index in [2.05, 4.69) is 15.9 Å². The van der Waals surface area contributed by atoms with E-state index in [1.54, 1.807) is 6.07 Å².